The van der Waals surface area contributed by atoms with E-state index in [2.05, 4.69) is 25.5 Å². The van der Waals surface area contributed by atoms with Gasteiger partial charge < -0.3 is 4.42 Å². The molecule has 156 valence electrons. The van der Waals surface area contributed by atoms with E-state index in [4.69, 9.17) is 4.42 Å². The first-order valence-electron chi connectivity index (χ1n) is 9.30. The van der Waals surface area contributed by atoms with Crippen molar-refractivity contribution in [1.29, 1.82) is 0 Å². The van der Waals surface area contributed by atoms with Gasteiger partial charge in [-0.1, -0.05) is 30.3 Å². The number of fused-ring (bicyclic) bond motifs is 1. The fourth-order valence-corrected chi connectivity index (χ4v) is 3.95. The maximum absolute atomic E-state index is 13.2. The summed E-state index contributed by atoms with van der Waals surface area (Å²) >= 11 is 1.22. The van der Waals surface area contributed by atoms with Crippen LogP contribution >= 0.6 is 11.8 Å². The standard InChI is InChI=1S/C20H15F2N7OS/c1-12-14(9-10-30-12)18-24-26-20(28(18)11-13-5-3-2-4-6-13)31-16-8-7-15-23-25-19(17(21)22)29(15)27-16/h2-10,17H,11H2,1H3. The second kappa shape index (κ2) is 7.91. The summed E-state index contributed by atoms with van der Waals surface area (Å²) in [6, 6.07) is 15.0. The minimum Gasteiger partial charge on any atom is -0.469 e. The molecule has 0 atom stereocenters. The van der Waals surface area contributed by atoms with Crippen molar-refractivity contribution in [2.45, 2.75) is 30.1 Å². The number of halogens is 2. The zero-order valence-electron chi connectivity index (χ0n) is 16.2. The van der Waals surface area contributed by atoms with E-state index in [-0.39, 0.29) is 5.65 Å². The molecule has 31 heavy (non-hydrogen) atoms. The molecule has 5 rings (SSSR count). The normalized spacial score (nSPS) is 11.6. The van der Waals surface area contributed by atoms with E-state index >= 15 is 0 Å². The van der Waals surface area contributed by atoms with E-state index in [9.17, 15) is 8.78 Å². The average molecular weight is 439 g/mol. The Morgan fingerprint density at radius 1 is 1.00 bits per heavy atom. The molecule has 0 aliphatic rings. The largest absolute Gasteiger partial charge is 0.469 e. The number of alkyl halides is 2. The van der Waals surface area contributed by atoms with Crippen molar-refractivity contribution < 1.29 is 13.2 Å². The van der Waals surface area contributed by atoms with E-state index < -0.39 is 12.2 Å². The average Bonchev–Trinajstić information content (AvgIpc) is 3.48. The Balaban J connectivity index is 1.56. The lowest BCUT2D eigenvalue weighted by Gasteiger charge is -2.10. The fourth-order valence-electron chi connectivity index (χ4n) is 3.16. The minimum atomic E-state index is -2.78. The maximum Gasteiger partial charge on any atom is 0.299 e. The number of hydrogen-bond acceptors (Lipinski definition) is 7. The zero-order valence-corrected chi connectivity index (χ0v) is 17.0. The first-order chi connectivity index (χ1) is 15.1. The van der Waals surface area contributed by atoms with Crippen LogP contribution in [0.15, 0.2) is 69.4 Å². The van der Waals surface area contributed by atoms with Gasteiger partial charge >= 0.3 is 0 Å². The summed E-state index contributed by atoms with van der Waals surface area (Å²) in [4.78, 5) is 0. The lowest BCUT2D eigenvalue weighted by atomic mass is 10.2. The van der Waals surface area contributed by atoms with Crippen molar-refractivity contribution in [3.8, 4) is 11.4 Å². The molecule has 0 fully saturated rings. The number of nitrogens with zero attached hydrogens (tertiary/aromatic N) is 7. The van der Waals surface area contributed by atoms with E-state index in [0.717, 1.165) is 21.4 Å². The van der Waals surface area contributed by atoms with E-state index in [1.165, 1.54) is 11.8 Å². The van der Waals surface area contributed by atoms with Crippen LogP contribution in [0.3, 0.4) is 0 Å². The van der Waals surface area contributed by atoms with Crippen molar-refractivity contribution in [1.82, 2.24) is 34.6 Å². The number of rotatable bonds is 6. The van der Waals surface area contributed by atoms with Gasteiger partial charge in [-0.15, -0.1) is 20.4 Å². The van der Waals surface area contributed by atoms with Crippen molar-refractivity contribution in [2.24, 2.45) is 0 Å². The molecule has 0 radical (unpaired) electrons. The van der Waals surface area contributed by atoms with Gasteiger partial charge in [-0.25, -0.2) is 8.78 Å². The van der Waals surface area contributed by atoms with Gasteiger partial charge in [0.05, 0.1) is 18.4 Å². The van der Waals surface area contributed by atoms with Gasteiger partial charge in [0.1, 0.15) is 10.8 Å². The molecule has 0 saturated carbocycles. The molecule has 11 heteroatoms. The number of aryl methyl sites for hydroxylation is 1. The van der Waals surface area contributed by atoms with E-state index in [1.54, 1.807) is 18.4 Å². The van der Waals surface area contributed by atoms with Crippen molar-refractivity contribution in [3.05, 3.63) is 71.9 Å². The summed E-state index contributed by atoms with van der Waals surface area (Å²) in [7, 11) is 0. The van der Waals surface area contributed by atoms with Gasteiger partial charge in [0, 0.05) is 0 Å². The Morgan fingerprint density at radius 2 is 1.84 bits per heavy atom. The van der Waals surface area contributed by atoms with Crippen LogP contribution in [0.5, 0.6) is 0 Å². The molecule has 0 amide bonds. The third kappa shape index (κ3) is 3.67. The SMILES string of the molecule is Cc1occc1-c1nnc(Sc2ccc3nnc(C(F)F)n3n2)n1Cc1ccccc1. The van der Waals surface area contributed by atoms with Crippen LogP contribution in [0.2, 0.25) is 0 Å². The van der Waals surface area contributed by atoms with Gasteiger partial charge in [-0.05, 0) is 42.4 Å². The summed E-state index contributed by atoms with van der Waals surface area (Å²) in [5.41, 5.74) is 2.14. The molecule has 5 aromatic rings. The monoisotopic (exact) mass is 439 g/mol. The van der Waals surface area contributed by atoms with Crippen LogP contribution in [0, 0.1) is 6.92 Å². The number of furan rings is 1. The first kappa shape index (κ1) is 19.4. The molecule has 8 nitrogen and oxygen atoms in total. The smallest absolute Gasteiger partial charge is 0.299 e. The Kier molecular flexibility index (Phi) is 4.94. The van der Waals surface area contributed by atoms with Crippen LogP contribution in [0.4, 0.5) is 8.78 Å². The Labute approximate surface area is 178 Å². The van der Waals surface area contributed by atoms with Crippen LogP contribution in [0.25, 0.3) is 17.0 Å². The molecule has 4 heterocycles. The predicted octanol–water partition coefficient (Wildman–Crippen LogP) is 4.42. The lowest BCUT2D eigenvalue weighted by Crippen LogP contribution is -2.05. The predicted molar refractivity (Wildman–Crippen MR) is 108 cm³/mol. The molecule has 0 saturated heterocycles. The highest BCUT2D eigenvalue weighted by atomic mass is 32.2. The highest BCUT2D eigenvalue weighted by Crippen LogP contribution is 2.31. The summed E-state index contributed by atoms with van der Waals surface area (Å²) in [5, 5.41) is 21.2. The lowest BCUT2D eigenvalue weighted by molar-refractivity contribution is 0.137. The topological polar surface area (TPSA) is 86.9 Å². The summed E-state index contributed by atoms with van der Waals surface area (Å²) in [5.74, 6) is 0.873. The highest BCUT2D eigenvalue weighted by Gasteiger charge is 2.21. The Bertz CT molecular complexity index is 1350. The number of hydrogen-bond donors (Lipinski definition) is 0. The highest BCUT2D eigenvalue weighted by molar-refractivity contribution is 7.99. The molecule has 4 aromatic heterocycles. The van der Waals surface area contributed by atoms with Gasteiger partial charge in [0.15, 0.2) is 16.6 Å². The van der Waals surface area contributed by atoms with Crippen molar-refractivity contribution >= 4 is 17.4 Å². The molecule has 0 bridgehead atoms. The fraction of sp³-hybridized carbons (Fsp3) is 0.150. The number of benzene rings is 1. The van der Waals surface area contributed by atoms with Gasteiger partial charge in [0.25, 0.3) is 6.43 Å². The molecule has 0 N–H and O–H groups in total. The first-order valence-corrected chi connectivity index (χ1v) is 10.1. The molecule has 0 aliphatic carbocycles. The third-order valence-electron chi connectivity index (χ3n) is 4.65. The summed E-state index contributed by atoms with van der Waals surface area (Å²) in [6.07, 6.45) is -1.17. The van der Waals surface area contributed by atoms with E-state index in [0.29, 0.717) is 22.6 Å². The van der Waals surface area contributed by atoms with Crippen molar-refractivity contribution in [3.63, 3.8) is 0 Å². The maximum atomic E-state index is 13.2. The second-order valence-corrected chi connectivity index (χ2v) is 7.66. The van der Waals surface area contributed by atoms with Gasteiger partial charge in [-0.2, -0.15) is 9.61 Å². The van der Waals surface area contributed by atoms with Gasteiger partial charge in [0.2, 0.25) is 5.82 Å². The van der Waals surface area contributed by atoms with Crippen LogP contribution in [-0.4, -0.2) is 34.6 Å². The molecular weight excluding hydrogens is 424 g/mol. The minimum absolute atomic E-state index is 0.250. The molecule has 0 aliphatic heterocycles. The van der Waals surface area contributed by atoms with Crippen LogP contribution in [-0.2, 0) is 6.54 Å². The van der Waals surface area contributed by atoms with Crippen LogP contribution in [0.1, 0.15) is 23.6 Å². The number of aromatic nitrogens is 7. The molecule has 0 spiro atoms. The quantitative estimate of drug-likeness (QED) is 0.387. The summed E-state index contributed by atoms with van der Waals surface area (Å²) in [6.45, 7) is 2.38. The zero-order chi connectivity index (χ0) is 21.4. The summed E-state index contributed by atoms with van der Waals surface area (Å²) < 4.78 is 34.8. The second-order valence-electron chi connectivity index (χ2n) is 6.67. The van der Waals surface area contributed by atoms with Crippen LogP contribution < -0.4 is 0 Å². The van der Waals surface area contributed by atoms with Crippen molar-refractivity contribution in [2.75, 3.05) is 0 Å². The van der Waals surface area contributed by atoms with Gasteiger partial charge in [-0.3, -0.25) is 4.57 Å². The third-order valence-corrected chi connectivity index (χ3v) is 5.57. The molecule has 1 aromatic carbocycles. The van der Waals surface area contributed by atoms with E-state index in [1.807, 2.05) is 47.9 Å². The molecular formula is C20H15F2N7OS. The Hall–Kier alpha value is -3.60. The Morgan fingerprint density at radius 3 is 2.58 bits per heavy atom. The molecule has 0 unspecified atom stereocenters.